The van der Waals surface area contributed by atoms with Crippen LogP contribution in [0.2, 0.25) is 5.02 Å². The first kappa shape index (κ1) is 16.0. The normalized spacial score (nSPS) is 10.1. The van der Waals surface area contributed by atoms with E-state index in [1.165, 1.54) is 12.1 Å². The van der Waals surface area contributed by atoms with Gasteiger partial charge in [0.1, 0.15) is 5.82 Å². The number of hydrogen-bond acceptors (Lipinski definition) is 2. The van der Waals surface area contributed by atoms with Crippen LogP contribution in [0.15, 0.2) is 42.5 Å². The van der Waals surface area contributed by atoms with Crippen molar-refractivity contribution in [2.45, 2.75) is 6.92 Å². The largest absolute Gasteiger partial charge is 0.343 e. The van der Waals surface area contributed by atoms with E-state index in [-0.39, 0.29) is 17.8 Å². The highest BCUT2D eigenvalue weighted by Crippen LogP contribution is 2.15. The third-order valence-electron chi connectivity index (χ3n) is 2.93. The molecule has 0 aliphatic carbocycles. The van der Waals surface area contributed by atoms with E-state index in [0.717, 1.165) is 5.56 Å². The maximum Gasteiger partial charge on any atom is 0.253 e. The van der Waals surface area contributed by atoms with E-state index < -0.39 is 17.6 Å². The second-order valence-electron chi connectivity index (χ2n) is 4.69. The van der Waals surface area contributed by atoms with Crippen molar-refractivity contribution in [3.05, 3.63) is 64.4 Å². The highest BCUT2D eigenvalue weighted by atomic mass is 35.5. The monoisotopic (exact) mass is 320 g/mol. The van der Waals surface area contributed by atoms with Crippen LogP contribution in [-0.4, -0.2) is 18.4 Å². The van der Waals surface area contributed by atoms with Gasteiger partial charge < -0.3 is 10.6 Å². The third-order valence-corrected chi connectivity index (χ3v) is 3.26. The van der Waals surface area contributed by atoms with Crippen molar-refractivity contribution < 1.29 is 14.0 Å². The lowest BCUT2D eigenvalue weighted by molar-refractivity contribution is -0.115. The molecule has 2 aromatic carbocycles. The van der Waals surface area contributed by atoms with Gasteiger partial charge in [0.15, 0.2) is 0 Å². The third kappa shape index (κ3) is 4.05. The Bertz CT molecular complexity index is 719. The van der Waals surface area contributed by atoms with E-state index in [2.05, 4.69) is 10.6 Å². The molecule has 0 aromatic heterocycles. The van der Waals surface area contributed by atoms with Gasteiger partial charge in [-0.2, -0.15) is 0 Å². The SMILES string of the molecule is Cc1ccc(NC(=O)CNC(=O)c2ccccc2Cl)c(F)c1. The molecule has 0 spiro atoms. The number of rotatable bonds is 4. The van der Waals surface area contributed by atoms with Crippen molar-refractivity contribution in [3.8, 4) is 0 Å². The van der Waals surface area contributed by atoms with Gasteiger partial charge in [-0.15, -0.1) is 0 Å². The van der Waals surface area contributed by atoms with Crippen LogP contribution in [0.1, 0.15) is 15.9 Å². The van der Waals surface area contributed by atoms with Gasteiger partial charge in [-0.3, -0.25) is 9.59 Å². The maximum absolute atomic E-state index is 13.6. The smallest absolute Gasteiger partial charge is 0.253 e. The van der Waals surface area contributed by atoms with E-state index in [1.807, 2.05) is 0 Å². The van der Waals surface area contributed by atoms with Crippen LogP contribution in [0.5, 0.6) is 0 Å². The summed E-state index contributed by atoms with van der Waals surface area (Å²) in [6.07, 6.45) is 0. The molecule has 0 saturated carbocycles. The maximum atomic E-state index is 13.6. The van der Waals surface area contributed by atoms with Gasteiger partial charge in [0.25, 0.3) is 5.91 Å². The fraction of sp³-hybridized carbons (Fsp3) is 0.125. The topological polar surface area (TPSA) is 58.2 Å². The zero-order valence-electron chi connectivity index (χ0n) is 11.8. The number of anilines is 1. The Kier molecular flexibility index (Phi) is 5.12. The van der Waals surface area contributed by atoms with Crippen LogP contribution < -0.4 is 10.6 Å². The Morgan fingerprint density at radius 2 is 1.91 bits per heavy atom. The molecule has 0 atom stereocenters. The van der Waals surface area contributed by atoms with Crippen molar-refractivity contribution in [2.24, 2.45) is 0 Å². The summed E-state index contributed by atoms with van der Waals surface area (Å²) < 4.78 is 13.6. The Balaban J connectivity index is 1.93. The first-order valence-electron chi connectivity index (χ1n) is 6.56. The van der Waals surface area contributed by atoms with Crippen molar-refractivity contribution in [2.75, 3.05) is 11.9 Å². The lowest BCUT2D eigenvalue weighted by atomic mass is 10.2. The summed E-state index contributed by atoms with van der Waals surface area (Å²) in [5.41, 5.74) is 1.10. The van der Waals surface area contributed by atoms with Crippen LogP contribution in [0, 0.1) is 12.7 Å². The zero-order valence-corrected chi connectivity index (χ0v) is 12.6. The number of hydrogen-bond donors (Lipinski definition) is 2. The van der Waals surface area contributed by atoms with Crippen molar-refractivity contribution in [1.82, 2.24) is 5.32 Å². The number of amides is 2. The quantitative estimate of drug-likeness (QED) is 0.909. The molecule has 0 radical (unpaired) electrons. The molecule has 2 N–H and O–H groups in total. The van der Waals surface area contributed by atoms with Crippen LogP contribution in [0.3, 0.4) is 0 Å². The van der Waals surface area contributed by atoms with E-state index in [9.17, 15) is 14.0 Å². The number of benzene rings is 2. The summed E-state index contributed by atoms with van der Waals surface area (Å²) in [5.74, 6) is -1.51. The predicted octanol–water partition coefficient (Wildman–Crippen LogP) is 3.16. The molecule has 0 fully saturated rings. The summed E-state index contributed by atoms with van der Waals surface area (Å²) in [5, 5.41) is 5.13. The molecule has 6 heteroatoms. The zero-order chi connectivity index (χ0) is 16.1. The molecule has 0 bridgehead atoms. The average molecular weight is 321 g/mol. The van der Waals surface area contributed by atoms with Gasteiger partial charge in [0.2, 0.25) is 5.91 Å². The molecular formula is C16H14ClFN2O2. The summed E-state index contributed by atoms with van der Waals surface area (Å²) in [7, 11) is 0. The second kappa shape index (κ2) is 7.04. The summed E-state index contributed by atoms with van der Waals surface area (Å²) in [6, 6.07) is 11.0. The first-order valence-corrected chi connectivity index (χ1v) is 6.94. The lowest BCUT2D eigenvalue weighted by Gasteiger charge is -2.09. The molecular weight excluding hydrogens is 307 g/mol. The molecule has 22 heavy (non-hydrogen) atoms. The van der Waals surface area contributed by atoms with E-state index in [0.29, 0.717) is 5.02 Å². The predicted molar refractivity (Wildman–Crippen MR) is 83.6 cm³/mol. The lowest BCUT2D eigenvalue weighted by Crippen LogP contribution is -2.33. The standard InChI is InChI=1S/C16H14ClFN2O2/c1-10-6-7-14(13(18)8-10)20-15(21)9-19-16(22)11-4-2-3-5-12(11)17/h2-8H,9H2,1H3,(H,19,22)(H,20,21). The van der Waals surface area contributed by atoms with Gasteiger partial charge in [-0.05, 0) is 36.8 Å². The minimum atomic E-state index is -0.525. The molecule has 4 nitrogen and oxygen atoms in total. The average Bonchev–Trinajstić information content (AvgIpc) is 2.48. The molecule has 0 unspecified atom stereocenters. The van der Waals surface area contributed by atoms with Crippen LogP contribution in [0.25, 0.3) is 0 Å². The molecule has 0 heterocycles. The summed E-state index contributed by atoms with van der Waals surface area (Å²) >= 11 is 5.89. The van der Waals surface area contributed by atoms with Gasteiger partial charge in [0, 0.05) is 0 Å². The Hall–Kier alpha value is -2.40. The molecule has 0 saturated heterocycles. The van der Waals surface area contributed by atoms with E-state index in [1.54, 1.807) is 37.3 Å². The molecule has 2 amide bonds. The van der Waals surface area contributed by atoms with Crippen LogP contribution in [-0.2, 0) is 4.79 Å². The summed E-state index contributed by atoms with van der Waals surface area (Å²) in [6.45, 7) is 1.47. The number of aryl methyl sites for hydroxylation is 1. The van der Waals surface area contributed by atoms with Crippen molar-refractivity contribution in [1.29, 1.82) is 0 Å². The van der Waals surface area contributed by atoms with E-state index >= 15 is 0 Å². The minimum absolute atomic E-state index is 0.0718. The molecule has 0 aliphatic heterocycles. The first-order chi connectivity index (χ1) is 10.5. The fourth-order valence-corrected chi connectivity index (χ4v) is 2.04. The minimum Gasteiger partial charge on any atom is -0.343 e. The number of halogens is 2. The Morgan fingerprint density at radius 3 is 2.59 bits per heavy atom. The van der Waals surface area contributed by atoms with E-state index in [4.69, 9.17) is 11.6 Å². The number of carbonyl (C=O) groups excluding carboxylic acids is 2. The second-order valence-corrected chi connectivity index (χ2v) is 5.10. The van der Waals surface area contributed by atoms with Crippen molar-refractivity contribution in [3.63, 3.8) is 0 Å². The Labute approximate surface area is 132 Å². The Morgan fingerprint density at radius 1 is 1.18 bits per heavy atom. The van der Waals surface area contributed by atoms with Gasteiger partial charge >= 0.3 is 0 Å². The van der Waals surface area contributed by atoms with Crippen LogP contribution >= 0.6 is 11.6 Å². The number of nitrogens with one attached hydrogen (secondary N) is 2. The highest BCUT2D eigenvalue weighted by Gasteiger charge is 2.12. The van der Waals surface area contributed by atoms with Gasteiger partial charge in [-0.1, -0.05) is 29.8 Å². The molecule has 0 aliphatic rings. The van der Waals surface area contributed by atoms with Gasteiger partial charge in [-0.25, -0.2) is 4.39 Å². The molecule has 2 rings (SSSR count). The van der Waals surface area contributed by atoms with Gasteiger partial charge in [0.05, 0.1) is 22.8 Å². The van der Waals surface area contributed by atoms with Crippen LogP contribution in [0.4, 0.5) is 10.1 Å². The molecule has 2 aromatic rings. The number of carbonyl (C=O) groups is 2. The van der Waals surface area contributed by atoms with Crippen molar-refractivity contribution >= 4 is 29.1 Å². The highest BCUT2D eigenvalue weighted by molar-refractivity contribution is 6.33. The fourth-order valence-electron chi connectivity index (χ4n) is 1.82. The molecule has 114 valence electrons. The summed E-state index contributed by atoms with van der Waals surface area (Å²) in [4.78, 5) is 23.6.